The highest BCUT2D eigenvalue weighted by Crippen LogP contribution is 2.25. The van der Waals surface area contributed by atoms with Crippen LogP contribution in [0, 0.1) is 6.92 Å². The number of aryl methyl sites for hydroxylation is 1. The summed E-state index contributed by atoms with van der Waals surface area (Å²) in [4.78, 5) is 24.1. The smallest absolute Gasteiger partial charge is 0.254 e. The minimum atomic E-state index is -0.0425. The van der Waals surface area contributed by atoms with Crippen LogP contribution in [0.5, 0.6) is 0 Å². The van der Waals surface area contributed by atoms with Crippen molar-refractivity contribution < 1.29 is 4.79 Å². The molecule has 0 aliphatic carbocycles. The largest absolute Gasteiger partial charge is 0.337 e. The van der Waals surface area contributed by atoms with E-state index < -0.39 is 0 Å². The van der Waals surface area contributed by atoms with Gasteiger partial charge in [-0.3, -0.25) is 4.79 Å². The van der Waals surface area contributed by atoms with E-state index in [2.05, 4.69) is 29.0 Å². The fourth-order valence-corrected chi connectivity index (χ4v) is 3.35. The fourth-order valence-electron chi connectivity index (χ4n) is 3.35. The van der Waals surface area contributed by atoms with E-state index >= 15 is 0 Å². The van der Waals surface area contributed by atoms with Crippen LogP contribution in [0.4, 0.5) is 0 Å². The van der Waals surface area contributed by atoms with Crippen LogP contribution in [0.15, 0.2) is 79.0 Å². The van der Waals surface area contributed by atoms with E-state index in [0.717, 1.165) is 22.2 Å². The van der Waals surface area contributed by atoms with Gasteiger partial charge in [-0.25, -0.2) is 9.97 Å². The van der Waals surface area contributed by atoms with Crippen molar-refractivity contribution in [3.8, 4) is 11.3 Å². The van der Waals surface area contributed by atoms with Gasteiger partial charge in [0.15, 0.2) is 5.65 Å². The number of nitrogens with zero attached hydrogens (tertiary/aromatic N) is 3. The zero-order valence-electron chi connectivity index (χ0n) is 16.0. The Kier molecular flexibility index (Phi) is 4.85. The highest BCUT2D eigenvalue weighted by atomic mass is 16.2. The quantitative estimate of drug-likeness (QED) is 0.516. The number of benzene rings is 2. The van der Waals surface area contributed by atoms with Crippen molar-refractivity contribution in [1.29, 1.82) is 0 Å². The average Bonchev–Trinajstić information content (AvgIpc) is 2.73. The Morgan fingerprint density at radius 3 is 2.57 bits per heavy atom. The van der Waals surface area contributed by atoms with E-state index in [9.17, 15) is 4.79 Å². The predicted molar refractivity (Wildman–Crippen MR) is 112 cm³/mol. The molecule has 2 heterocycles. The Hall–Kier alpha value is -3.53. The van der Waals surface area contributed by atoms with E-state index in [1.54, 1.807) is 11.1 Å². The molecule has 0 spiro atoms. The number of fused-ring (bicyclic) bond motifs is 1. The number of pyridine rings is 2. The SMILES string of the molecule is Cc1cccc(CN(C)C(=O)c2cc(-c3ccccc3)nc3ncccc23)c1. The summed E-state index contributed by atoms with van der Waals surface area (Å²) >= 11 is 0. The minimum Gasteiger partial charge on any atom is -0.337 e. The number of carbonyl (C=O) groups is 1. The monoisotopic (exact) mass is 367 g/mol. The first-order valence-corrected chi connectivity index (χ1v) is 9.24. The van der Waals surface area contributed by atoms with Crippen molar-refractivity contribution in [3.05, 3.63) is 95.7 Å². The van der Waals surface area contributed by atoms with Crippen molar-refractivity contribution in [2.24, 2.45) is 0 Å². The molecule has 4 nitrogen and oxygen atoms in total. The molecule has 4 rings (SSSR count). The van der Waals surface area contributed by atoms with E-state index in [0.29, 0.717) is 17.8 Å². The van der Waals surface area contributed by atoms with E-state index in [1.807, 2.05) is 67.7 Å². The third kappa shape index (κ3) is 3.62. The lowest BCUT2D eigenvalue weighted by molar-refractivity contribution is 0.0787. The molecule has 0 saturated heterocycles. The number of carbonyl (C=O) groups excluding carboxylic acids is 1. The Balaban J connectivity index is 1.75. The molecular formula is C24H21N3O. The molecule has 138 valence electrons. The summed E-state index contributed by atoms with van der Waals surface area (Å²) in [5.74, 6) is -0.0425. The number of aromatic nitrogens is 2. The average molecular weight is 367 g/mol. The van der Waals surface area contributed by atoms with Gasteiger partial charge < -0.3 is 4.90 Å². The van der Waals surface area contributed by atoms with E-state index in [-0.39, 0.29) is 5.91 Å². The first-order valence-electron chi connectivity index (χ1n) is 9.24. The molecule has 0 atom stereocenters. The summed E-state index contributed by atoms with van der Waals surface area (Å²) in [6, 6.07) is 23.7. The second-order valence-electron chi connectivity index (χ2n) is 6.95. The number of hydrogen-bond donors (Lipinski definition) is 0. The number of amides is 1. The zero-order chi connectivity index (χ0) is 19.5. The maximum Gasteiger partial charge on any atom is 0.254 e. The van der Waals surface area contributed by atoms with Crippen LogP contribution in [0.3, 0.4) is 0 Å². The van der Waals surface area contributed by atoms with Crippen molar-refractivity contribution in [1.82, 2.24) is 14.9 Å². The van der Waals surface area contributed by atoms with Gasteiger partial charge in [0.2, 0.25) is 0 Å². The van der Waals surface area contributed by atoms with E-state index in [1.165, 1.54) is 5.56 Å². The third-order valence-corrected chi connectivity index (χ3v) is 4.73. The molecule has 1 amide bonds. The van der Waals surface area contributed by atoms with Gasteiger partial charge in [-0.1, -0.05) is 60.2 Å². The van der Waals surface area contributed by atoms with Gasteiger partial charge in [0, 0.05) is 30.7 Å². The van der Waals surface area contributed by atoms with Crippen LogP contribution in [0.1, 0.15) is 21.5 Å². The molecule has 0 unspecified atom stereocenters. The van der Waals surface area contributed by atoms with E-state index in [4.69, 9.17) is 0 Å². The van der Waals surface area contributed by atoms with Crippen molar-refractivity contribution in [2.75, 3.05) is 7.05 Å². The first-order chi connectivity index (χ1) is 13.6. The first kappa shape index (κ1) is 17.9. The lowest BCUT2D eigenvalue weighted by Gasteiger charge is -2.19. The number of hydrogen-bond acceptors (Lipinski definition) is 3. The third-order valence-electron chi connectivity index (χ3n) is 4.73. The van der Waals surface area contributed by atoms with Crippen LogP contribution in [0.2, 0.25) is 0 Å². The summed E-state index contributed by atoms with van der Waals surface area (Å²) in [5, 5.41) is 0.767. The molecule has 4 heteroatoms. The van der Waals surface area contributed by atoms with Gasteiger partial charge >= 0.3 is 0 Å². The summed E-state index contributed by atoms with van der Waals surface area (Å²) in [5.41, 5.74) is 5.20. The Labute approximate surface area is 164 Å². The van der Waals surface area contributed by atoms with Crippen LogP contribution in [-0.4, -0.2) is 27.8 Å². The summed E-state index contributed by atoms with van der Waals surface area (Å²) in [6.07, 6.45) is 1.70. The van der Waals surface area contributed by atoms with Crippen molar-refractivity contribution in [3.63, 3.8) is 0 Å². The van der Waals surface area contributed by atoms with Crippen LogP contribution >= 0.6 is 0 Å². The zero-order valence-corrected chi connectivity index (χ0v) is 16.0. The van der Waals surface area contributed by atoms with Gasteiger partial charge in [-0.05, 0) is 30.7 Å². The van der Waals surface area contributed by atoms with Gasteiger partial charge in [-0.2, -0.15) is 0 Å². The fraction of sp³-hybridized carbons (Fsp3) is 0.125. The second-order valence-corrected chi connectivity index (χ2v) is 6.95. The van der Waals surface area contributed by atoms with Crippen molar-refractivity contribution in [2.45, 2.75) is 13.5 Å². The minimum absolute atomic E-state index is 0.0425. The highest BCUT2D eigenvalue weighted by Gasteiger charge is 2.18. The molecule has 0 saturated carbocycles. The summed E-state index contributed by atoms with van der Waals surface area (Å²) in [7, 11) is 1.83. The normalized spacial score (nSPS) is 10.8. The highest BCUT2D eigenvalue weighted by molar-refractivity contribution is 6.06. The second kappa shape index (κ2) is 7.61. The standard InChI is InChI=1S/C24H21N3O/c1-17-8-6-9-18(14-17)16-27(2)24(28)21-15-22(19-10-4-3-5-11-19)26-23-20(21)12-7-13-25-23/h3-15H,16H2,1-2H3. The summed E-state index contributed by atoms with van der Waals surface area (Å²) < 4.78 is 0. The topological polar surface area (TPSA) is 46.1 Å². The molecule has 0 aliphatic rings. The van der Waals surface area contributed by atoms with Gasteiger partial charge in [0.05, 0.1) is 11.3 Å². The summed E-state index contributed by atoms with van der Waals surface area (Å²) in [6.45, 7) is 2.60. The Morgan fingerprint density at radius 1 is 0.964 bits per heavy atom. The molecule has 4 aromatic rings. The Morgan fingerprint density at radius 2 is 1.79 bits per heavy atom. The van der Waals surface area contributed by atoms with Crippen LogP contribution in [-0.2, 0) is 6.54 Å². The molecular weight excluding hydrogens is 346 g/mol. The maximum absolute atomic E-state index is 13.3. The van der Waals surface area contributed by atoms with Gasteiger partial charge in [0.25, 0.3) is 5.91 Å². The van der Waals surface area contributed by atoms with Gasteiger partial charge in [0.1, 0.15) is 0 Å². The number of rotatable bonds is 4. The van der Waals surface area contributed by atoms with Crippen molar-refractivity contribution >= 4 is 16.9 Å². The molecule has 28 heavy (non-hydrogen) atoms. The predicted octanol–water partition coefficient (Wildman–Crippen LogP) is 4.88. The molecule has 0 aliphatic heterocycles. The lowest BCUT2D eigenvalue weighted by atomic mass is 10.0. The maximum atomic E-state index is 13.3. The molecule has 0 fully saturated rings. The van der Waals surface area contributed by atoms with Crippen LogP contribution in [0.25, 0.3) is 22.3 Å². The molecule has 0 bridgehead atoms. The molecule has 2 aromatic carbocycles. The Bertz CT molecular complexity index is 1140. The lowest BCUT2D eigenvalue weighted by Crippen LogP contribution is -2.26. The molecule has 0 N–H and O–H groups in total. The molecule has 0 radical (unpaired) electrons. The molecule has 2 aromatic heterocycles. The van der Waals surface area contributed by atoms with Gasteiger partial charge in [-0.15, -0.1) is 0 Å². The van der Waals surface area contributed by atoms with Crippen LogP contribution < -0.4 is 0 Å².